The smallest absolute Gasteiger partial charge is 0.270 e. The van der Waals surface area contributed by atoms with Gasteiger partial charge >= 0.3 is 0 Å². The van der Waals surface area contributed by atoms with Gasteiger partial charge in [0.25, 0.3) is 5.91 Å². The fourth-order valence-corrected chi connectivity index (χ4v) is 2.50. The Morgan fingerprint density at radius 2 is 1.84 bits per heavy atom. The third kappa shape index (κ3) is 4.09. The number of rotatable bonds is 3. The molecule has 0 bridgehead atoms. The van der Waals surface area contributed by atoms with Gasteiger partial charge in [-0.1, -0.05) is 18.2 Å². The van der Waals surface area contributed by atoms with E-state index < -0.39 is 0 Å². The first-order chi connectivity index (χ1) is 11.8. The zero-order valence-electron chi connectivity index (χ0n) is 14.8. The number of anilines is 2. The number of para-hydroxylation sites is 1. The minimum absolute atomic E-state index is 0.225. The van der Waals surface area contributed by atoms with Gasteiger partial charge in [0.15, 0.2) is 0 Å². The van der Waals surface area contributed by atoms with Crippen LogP contribution in [0.15, 0.2) is 42.6 Å². The highest BCUT2D eigenvalue weighted by molar-refractivity contribution is 5.94. The molecule has 0 fully saturated rings. The zero-order chi connectivity index (χ0) is 18.0. The molecule has 2 heterocycles. The van der Waals surface area contributed by atoms with E-state index in [-0.39, 0.29) is 11.4 Å². The largest absolute Gasteiger partial charge is 0.346 e. The van der Waals surface area contributed by atoms with Crippen LogP contribution in [0.5, 0.6) is 0 Å². The predicted octanol–water partition coefficient (Wildman–Crippen LogP) is 3.61. The number of amides is 1. The second-order valence-corrected chi connectivity index (χ2v) is 6.90. The van der Waals surface area contributed by atoms with E-state index >= 15 is 0 Å². The summed E-state index contributed by atoms with van der Waals surface area (Å²) in [6.45, 7) is 7.56. The lowest BCUT2D eigenvalue weighted by Gasteiger charge is -2.20. The Balaban J connectivity index is 1.94. The summed E-state index contributed by atoms with van der Waals surface area (Å²) >= 11 is 0. The van der Waals surface area contributed by atoms with Gasteiger partial charge in [-0.2, -0.15) is 0 Å². The molecule has 6 heteroatoms. The Morgan fingerprint density at radius 3 is 2.60 bits per heavy atom. The van der Waals surface area contributed by atoms with Gasteiger partial charge < -0.3 is 10.6 Å². The van der Waals surface area contributed by atoms with Crippen molar-refractivity contribution in [2.45, 2.75) is 33.2 Å². The van der Waals surface area contributed by atoms with E-state index in [1.807, 2.05) is 51.1 Å². The Hall–Kier alpha value is -3.02. The highest BCUT2D eigenvalue weighted by Gasteiger charge is 2.17. The number of aryl methyl sites for hydroxylation is 1. The monoisotopic (exact) mass is 335 g/mol. The normalized spacial score (nSPS) is 11.4. The van der Waals surface area contributed by atoms with Crippen LogP contribution in [0.3, 0.4) is 0 Å². The molecule has 0 unspecified atom stereocenters. The van der Waals surface area contributed by atoms with Gasteiger partial charge in [-0.15, -0.1) is 0 Å². The van der Waals surface area contributed by atoms with E-state index in [1.54, 1.807) is 19.2 Å². The molecule has 2 aromatic heterocycles. The van der Waals surface area contributed by atoms with E-state index in [0.29, 0.717) is 17.3 Å². The Labute approximate surface area is 146 Å². The van der Waals surface area contributed by atoms with Crippen LogP contribution in [0.25, 0.3) is 10.9 Å². The van der Waals surface area contributed by atoms with E-state index in [1.165, 1.54) is 0 Å². The highest BCUT2D eigenvalue weighted by atomic mass is 16.2. The second kappa shape index (κ2) is 6.47. The summed E-state index contributed by atoms with van der Waals surface area (Å²) in [7, 11) is 0. The molecule has 128 valence electrons. The third-order valence-corrected chi connectivity index (χ3v) is 3.45. The quantitative estimate of drug-likeness (QED) is 0.764. The summed E-state index contributed by atoms with van der Waals surface area (Å²) in [5.74, 6) is 0.860. The molecule has 0 saturated heterocycles. The molecule has 0 aliphatic carbocycles. The van der Waals surface area contributed by atoms with Gasteiger partial charge in [0.2, 0.25) is 0 Å². The molecule has 0 aliphatic heterocycles. The number of carbonyl (C=O) groups excluding carboxylic acids is 1. The number of hydrogen-bond acceptors (Lipinski definition) is 5. The van der Waals surface area contributed by atoms with Gasteiger partial charge in [0, 0.05) is 23.2 Å². The molecule has 0 aliphatic rings. The predicted molar refractivity (Wildman–Crippen MR) is 99.0 cm³/mol. The number of nitrogens with zero attached hydrogens (tertiary/aromatic N) is 3. The van der Waals surface area contributed by atoms with Crippen molar-refractivity contribution in [2.75, 3.05) is 5.32 Å². The molecule has 0 saturated carbocycles. The summed E-state index contributed by atoms with van der Waals surface area (Å²) in [6, 6.07) is 11.4. The highest BCUT2D eigenvalue weighted by Crippen LogP contribution is 2.24. The molecule has 3 aromatic rings. The summed E-state index contributed by atoms with van der Waals surface area (Å²) in [6.07, 6.45) is 1.75. The second-order valence-electron chi connectivity index (χ2n) is 6.90. The number of carbonyl (C=O) groups is 1. The van der Waals surface area contributed by atoms with E-state index in [4.69, 9.17) is 0 Å². The van der Waals surface area contributed by atoms with Crippen molar-refractivity contribution in [1.82, 2.24) is 20.3 Å². The number of fused-ring (bicyclic) bond motifs is 1. The molecule has 0 spiro atoms. The molecule has 1 amide bonds. The molecular weight excluding hydrogens is 314 g/mol. The van der Waals surface area contributed by atoms with Crippen molar-refractivity contribution in [1.29, 1.82) is 0 Å². The van der Waals surface area contributed by atoms with Crippen molar-refractivity contribution >= 4 is 28.3 Å². The van der Waals surface area contributed by atoms with Crippen molar-refractivity contribution < 1.29 is 4.79 Å². The molecular formula is C19H21N5O. The molecule has 0 radical (unpaired) electrons. The Bertz CT molecular complexity index is 925. The van der Waals surface area contributed by atoms with Crippen LogP contribution >= 0.6 is 0 Å². The van der Waals surface area contributed by atoms with Crippen molar-refractivity contribution in [2.24, 2.45) is 0 Å². The number of nitrogens with one attached hydrogen (secondary N) is 2. The fraction of sp³-hybridized carbons (Fsp3) is 0.263. The molecule has 3 rings (SSSR count). The molecule has 6 nitrogen and oxygen atoms in total. The Morgan fingerprint density at radius 1 is 1.08 bits per heavy atom. The maximum absolute atomic E-state index is 12.4. The van der Waals surface area contributed by atoms with Crippen LogP contribution in [0.4, 0.5) is 11.5 Å². The standard InChI is InChI=1S/C19H21N5O/c1-12-21-15(18(25)24-19(2,3)4)11-16(22-12)23-14-9-5-7-13-8-6-10-20-17(13)14/h5-11H,1-4H3,(H,24,25)(H,21,22,23). The molecule has 2 N–H and O–H groups in total. The summed E-state index contributed by atoms with van der Waals surface area (Å²) in [5, 5.41) is 7.20. The number of aromatic nitrogens is 3. The molecule has 1 aromatic carbocycles. The van der Waals surface area contributed by atoms with E-state index in [9.17, 15) is 4.79 Å². The van der Waals surface area contributed by atoms with Gasteiger partial charge in [-0.05, 0) is 39.8 Å². The first-order valence-electron chi connectivity index (χ1n) is 8.11. The van der Waals surface area contributed by atoms with Gasteiger partial charge in [-0.3, -0.25) is 9.78 Å². The Kier molecular flexibility index (Phi) is 4.35. The minimum Gasteiger partial charge on any atom is -0.346 e. The van der Waals surface area contributed by atoms with Crippen molar-refractivity contribution in [3.63, 3.8) is 0 Å². The van der Waals surface area contributed by atoms with Crippen LogP contribution in [0, 0.1) is 6.92 Å². The van der Waals surface area contributed by atoms with E-state index in [2.05, 4.69) is 25.6 Å². The summed E-state index contributed by atoms with van der Waals surface area (Å²) in [5.41, 5.74) is 1.68. The molecule has 0 atom stereocenters. The summed E-state index contributed by atoms with van der Waals surface area (Å²) < 4.78 is 0. The zero-order valence-corrected chi connectivity index (χ0v) is 14.8. The third-order valence-electron chi connectivity index (χ3n) is 3.45. The van der Waals surface area contributed by atoms with Crippen LogP contribution in [-0.4, -0.2) is 26.4 Å². The fourth-order valence-electron chi connectivity index (χ4n) is 2.50. The number of hydrogen-bond donors (Lipinski definition) is 2. The average molecular weight is 335 g/mol. The van der Waals surface area contributed by atoms with Gasteiger partial charge in [0.1, 0.15) is 17.3 Å². The lowest BCUT2D eigenvalue weighted by atomic mass is 10.1. The average Bonchev–Trinajstić information content (AvgIpc) is 2.53. The van der Waals surface area contributed by atoms with Crippen LogP contribution in [0.1, 0.15) is 37.1 Å². The summed E-state index contributed by atoms with van der Waals surface area (Å²) in [4.78, 5) is 25.4. The van der Waals surface area contributed by atoms with Crippen molar-refractivity contribution in [3.05, 3.63) is 54.1 Å². The first-order valence-corrected chi connectivity index (χ1v) is 8.11. The van der Waals surface area contributed by atoms with Crippen molar-refractivity contribution in [3.8, 4) is 0 Å². The molecule has 25 heavy (non-hydrogen) atoms. The number of pyridine rings is 1. The van der Waals surface area contributed by atoms with Crippen LogP contribution in [0.2, 0.25) is 0 Å². The number of benzene rings is 1. The lowest BCUT2D eigenvalue weighted by molar-refractivity contribution is 0.0914. The van der Waals surface area contributed by atoms with Crippen LogP contribution < -0.4 is 10.6 Å². The topological polar surface area (TPSA) is 79.8 Å². The lowest BCUT2D eigenvalue weighted by Crippen LogP contribution is -2.41. The SMILES string of the molecule is Cc1nc(Nc2cccc3cccnc23)cc(C(=O)NC(C)(C)C)n1. The van der Waals surface area contributed by atoms with Gasteiger partial charge in [-0.25, -0.2) is 9.97 Å². The first kappa shape index (κ1) is 16.8. The minimum atomic E-state index is -0.330. The van der Waals surface area contributed by atoms with Crippen LogP contribution in [-0.2, 0) is 0 Å². The maximum Gasteiger partial charge on any atom is 0.270 e. The van der Waals surface area contributed by atoms with Gasteiger partial charge in [0.05, 0.1) is 11.2 Å². The van der Waals surface area contributed by atoms with E-state index in [0.717, 1.165) is 16.6 Å². The maximum atomic E-state index is 12.4.